The topological polar surface area (TPSA) is 93.2 Å². The lowest BCUT2D eigenvalue weighted by Crippen LogP contribution is -2.39. The van der Waals surface area contributed by atoms with Gasteiger partial charge in [-0.15, -0.1) is 0 Å². The highest BCUT2D eigenvalue weighted by atomic mass is 19.1. The van der Waals surface area contributed by atoms with E-state index < -0.39 is 17.9 Å². The number of anilines is 2. The number of urea groups is 2. The Morgan fingerprint density at radius 3 is 2.43 bits per heavy atom. The van der Waals surface area contributed by atoms with E-state index >= 15 is 0 Å². The van der Waals surface area contributed by atoms with E-state index in [0.29, 0.717) is 40.4 Å². The molecule has 1 saturated heterocycles. The minimum Gasteiger partial charge on any atom is -0.493 e. The van der Waals surface area contributed by atoms with Crippen molar-refractivity contribution in [1.82, 2.24) is 9.88 Å². The van der Waals surface area contributed by atoms with Crippen LogP contribution in [0.2, 0.25) is 0 Å². The standard InChI is InChI=1S/C27H23FN4O5/c1-35-24-15-19-22(16-25(24)36-2)29-11-10-23(19)37-18-8-9-21(20(28)14-18)30-26(33)32-13-12-31(27(32)34)17-6-4-3-5-7-17/h3-11,14-16H,12-13H2,1-2H3,(H,30,33). The van der Waals surface area contributed by atoms with Crippen LogP contribution in [-0.4, -0.2) is 49.3 Å². The van der Waals surface area contributed by atoms with Crippen molar-refractivity contribution in [2.24, 2.45) is 0 Å². The SMILES string of the molecule is COc1cc2nccc(Oc3ccc(NC(=O)N4CCN(c5ccccc5)C4=O)c(F)c3)c2cc1OC. The van der Waals surface area contributed by atoms with Crippen LogP contribution in [0.3, 0.4) is 0 Å². The summed E-state index contributed by atoms with van der Waals surface area (Å²) in [6.07, 6.45) is 1.57. The molecule has 0 aliphatic carbocycles. The zero-order valence-corrected chi connectivity index (χ0v) is 20.1. The number of methoxy groups -OCH3 is 2. The fourth-order valence-corrected chi connectivity index (χ4v) is 4.08. The highest BCUT2D eigenvalue weighted by molar-refractivity contribution is 6.08. The molecule has 4 amide bonds. The van der Waals surface area contributed by atoms with Crippen molar-refractivity contribution in [1.29, 1.82) is 0 Å². The fraction of sp³-hybridized carbons (Fsp3) is 0.148. The molecular formula is C27H23FN4O5. The van der Waals surface area contributed by atoms with Crippen molar-refractivity contribution >= 4 is 34.3 Å². The van der Waals surface area contributed by atoms with Gasteiger partial charge in [-0.05, 0) is 36.4 Å². The summed E-state index contributed by atoms with van der Waals surface area (Å²) < 4.78 is 31.5. The summed E-state index contributed by atoms with van der Waals surface area (Å²) >= 11 is 0. The molecular weight excluding hydrogens is 479 g/mol. The van der Waals surface area contributed by atoms with Gasteiger partial charge in [0, 0.05) is 35.9 Å². The number of fused-ring (bicyclic) bond motifs is 1. The van der Waals surface area contributed by atoms with E-state index in [-0.39, 0.29) is 18.0 Å². The molecule has 37 heavy (non-hydrogen) atoms. The Balaban J connectivity index is 1.31. The molecule has 1 aliphatic heterocycles. The van der Waals surface area contributed by atoms with Gasteiger partial charge < -0.3 is 19.5 Å². The molecule has 3 aromatic carbocycles. The van der Waals surface area contributed by atoms with Crippen molar-refractivity contribution in [3.8, 4) is 23.0 Å². The molecule has 0 atom stereocenters. The van der Waals surface area contributed by atoms with E-state index in [4.69, 9.17) is 14.2 Å². The fourth-order valence-electron chi connectivity index (χ4n) is 4.08. The molecule has 4 aromatic rings. The maximum Gasteiger partial charge on any atom is 0.332 e. The maximum atomic E-state index is 14.9. The van der Waals surface area contributed by atoms with Gasteiger partial charge in [-0.2, -0.15) is 0 Å². The molecule has 2 heterocycles. The third-order valence-corrected chi connectivity index (χ3v) is 5.94. The first-order valence-electron chi connectivity index (χ1n) is 11.4. The number of halogens is 1. The van der Waals surface area contributed by atoms with Crippen LogP contribution in [0.15, 0.2) is 72.9 Å². The van der Waals surface area contributed by atoms with Gasteiger partial charge in [0.2, 0.25) is 0 Å². The van der Waals surface area contributed by atoms with E-state index in [1.54, 1.807) is 36.5 Å². The van der Waals surface area contributed by atoms with Crippen molar-refractivity contribution in [2.75, 3.05) is 37.5 Å². The highest BCUT2D eigenvalue weighted by Gasteiger charge is 2.34. The molecule has 1 aromatic heterocycles. The summed E-state index contributed by atoms with van der Waals surface area (Å²) in [6.45, 7) is 0.536. The number of para-hydroxylation sites is 1. The van der Waals surface area contributed by atoms with Gasteiger partial charge in [0.05, 0.1) is 32.0 Å². The number of carbonyl (C=O) groups excluding carboxylic acids is 2. The summed E-state index contributed by atoms with van der Waals surface area (Å²) in [6, 6.07) is 17.0. The number of nitrogens with zero attached hydrogens (tertiary/aromatic N) is 3. The lowest BCUT2D eigenvalue weighted by Gasteiger charge is -2.18. The van der Waals surface area contributed by atoms with E-state index in [1.165, 1.54) is 31.3 Å². The molecule has 0 bridgehead atoms. The van der Waals surface area contributed by atoms with Crippen LogP contribution in [0.4, 0.5) is 25.4 Å². The number of pyridine rings is 1. The normalized spacial score (nSPS) is 13.1. The predicted octanol–water partition coefficient (Wildman–Crippen LogP) is 5.66. The lowest BCUT2D eigenvalue weighted by molar-refractivity contribution is 0.209. The van der Waals surface area contributed by atoms with Crippen molar-refractivity contribution in [3.05, 3.63) is 78.7 Å². The van der Waals surface area contributed by atoms with Gasteiger partial charge in [0.15, 0.2) is 11.5 Å². The van der Waals surface area contributed by atoms with Gasteiger partial charge in [-0.3, -0.25) is 9.88 Å². The number of imide groups is 1. The number of hydrogen-bond acceptors (Lipinski definition) is 6. The zero-order chi connectivity index (χ0) is 25.9. The summed E-state index contributed by atoms with van der Waals surface area (Å²) in [5, 5.41) is 3.12. The van der Waals surface area contributed by atoms with Crippen LogP contribution >= 0.6 is 0 Å². The Morgan fingerprint density at radius 1 is 0.946 bits per heavy atom. The molecule has 188 valence electrons. The summed E-state index contributed by atoms with van der Waals surface area (Å²) in [5.41, 5.74) is 1.23. The minimum atomic E-state index is -0.713. The third kappa shape index (κ3) is 4.68. The third-order valence-electron chi connectivity index (χ3n) is 5.94. The molecule has 5 rings (SSSR count). The second-order valence-electron chi connectivity index (χ2n) is 8.13. The minimum absolute atomic E-state index is 0.0747. The average Bonchev–Trinajstić information content (AvgIpc) is 3.31. The first-order chi connectivity index (χ1) is 18.0. The van der Waals surface area contributed by atoms with E-state index in [2.05, 4.69) is 10.3 Å². The first-order valence-corrected chi connectivity index (χ1v) is 11.4. The number of amides is 4. The Kier molecular flexibility index (Phi) is 6.46. The first kappa shape index (κ1) is 23.9. The molecule has 0 unspecified atom stereocenters. The van der Waals surface area contributed by atoms with Crippen LogP contribution in [0.5, 0.6) is 23.0 Å². The quantitative estimate of drug-likeness (QED) is 0.366. The Hall–Kier alpha value is -4.86. The van der Waals surface area contributed by atoms with E-state index in [0.717, 1.165) is 11.0 Å². The number of benzene rings is 3. The molecule has 1 N–H and O–H groups in total. The van der Waals surface area contributed by atoms with Crippen LogP contribution in [0.25, 0.3) is 10.9 Å². The van der Waals surface area contributed by atoms with Gasteiger partial charge in [-0.25, -0.2) is 18.9 Å². The van der Waals surface area contributed by atoms with Crippen molar-refractivity contribution in [3.63, 3.8) is 0 Å². The smallest absolute Gasteiger partial charge is 0.332 e. The summed E-state index contributed by atoms with van der Waals surface area (Å²) in [7, 11) is 3.06. The number of hydrogen-bond donors (Lipinski definition) is 1. The van der Waals surface area contributed by atoms with E-state index in [9.17, 15) is 14.0 Å². The Labute approximate surface area is 212 Å². The lowest BCUT2D eigenvalue weighted by atomic mass is 10.2. The second-order valence-corrected chi connectivity index (χ2v) is 8.13. The molecule has 1 fully saturated rings. The highest BCUT2D eigenvalue weighted by Crippen LogP contribution is 2.37. The van der Waals surface area contributed by atoms with Crippen LogP contribution in [0.1, 0.15) is 0 Å². The van der Waals surface area contributed by atoms with Crippen LogP contribution in [0, 0.1) is 5.82 Å². The van der Waals surface area contributed by atoms with E-state index in [1.807, 2.05) is 18.2 Å². The average molecular weight is 503 g/mol. The largest absolute Gasteiger partial charge is 0.493 e. The molecule has 1 aliphatic rings. The number of aromatic nitrogens is 1. The zero-order valence-electron chi connectivity index (χ0n) is 20.1. The predicted molar refractivity (Wildman–Crippen MR) is 136 cm³/mol. The molecule has 9 nitrogen and oxygen atoms in total. The second kappa shape index (κ2) is 10.0. The summed E-state index contributed by atoms with van der Waals surface area (Å²) in [5.74, 6) is 0.958. The van der Waals surface area contributed by atoms with Crippen molar-refractivity contribution in [2.45, 2.75) is 0 Å². The maximum absolute atomic E-state index is 14.9. The van der Waals surface area contributed by atoms with Gasteiger partial charge in [-0.1, -0.05) is 18.2 Å². The van der Waals surface area contributed by atoms with Crippen LogP contribution in [-0.2, 0) is 0 Å². The number of rotatable bonds is 6. The number of ether oxygens (including phenoxy) is 3. The Bertz CT molecular complexity index is 1480. The van der Waals surface area contributed by atoms with Gasteiger partial charge in [0.1, 0.15) is 17.3 Å². The molecule has 0 radical (unpaired) electrons. The monoisotopic (exact) mass is 502 g/mol. The number of carbonyl (C=O) groups is 2. The van der Waals surface area contributed by atoms with Crippen LogP contribution < -0.4 is 24.4 Å². The molecule has 0 saturated carbocycles. The molecule has 0 spiro atoms. The Morgan fingerprint density at radius 2 is 1.70 bits per heavy atom. The summed E-state index contributed by atoms with van der Waals surface area (Å²) in [4.78, 5) is 32.3. The van der Waals surface area contributed by atoms with Crippen molar-refractivity contribution < 1.29 is 28.2 Å². The number of nitrogens with one attached hydrogen (secondary N) is 1. The molecule has 10 heteroatoms. The van der Waals surface area contributed by atoms with Gasteiger partial charge >= 0.3 is 12.1 Å². The van der Waals surface area contributed by atoms with Gasteiger partial charge in [0.25, 0.3) is 0 Å².